The fraction of sp³-hybridized carbons (Fsp3) is 0.333. The molecule has 0 saturated carbocycles. The predicted octanol–water partition coefficient (Wildman–Crippen LogP) is 4.67. The number of carbonyl (C=O) groups is 2. The lowest BCUT2D eigenvalue weighted by atomic mass is 10.1. The molecule has 0 spiro atoms. The molecule has 0 aliphatic rings. The van der Waals surface area contributed by atoms with Crippen molar-refractivity contribution in [2.75, 3.05) is 6.61 Å². The van der Waals surface area contributed by atoms with Crippen LogP contribution in [0, 0.1) is 0 Å². The average Bonchev–Trinajstić information content (AvgIpc) is 2.60. The normalized spacial score (nSPS) is 12.1. The molecule has 6 heteroatoms. The molecule has 0 aliphatic carbocycles. The summed E-state index contributed by atoms with van der Waals surface area (Å²) >= 11 is 5.93. The third-order valence-corrected chi connectivity index (χ3v) is 3.85. The highest BCUT2D eigenvalue weighted by molar-refractivity contribution is 6.30. The topological polar surface area (TPSA) is 64.6 Å². The molecule has 1 amide bonds. The quantitative estimate of drug-likeness (QED) is 0.699. The van der Waals surface area contributed by atoms with Gasteiger partial charge in [-0.3, -0.25) is 4.79 Å². The number of halogens is 1. The Balaban J connectivity index is 2.09. The van der Waals surface area contributed by atoms with Gasteiger partial charge in [0.2, 0.25) is 0 Å². The Labute approximate surface area is 164 Å². The molecule has 0 unspecified atom stereocenters. The molecule has 27 heavy (non-hydrogen) atoms. The number of aldehydes is 1. The van der Waals surface area contributed by atoms with E-state index in [1.165, 1.54) is 0 Å². The molecule has 1 N–H and O–H groups in total. The van der Waals surface area contributed by atoms with Crippen molar-refractivity contribution in [1.82, 2.24) is 5.32 Å². The molecular weight excluding hydrogens is 366 g/mol. The molecule has 0 aliphatic heterocycles. The van der Waals surface area contributed by atoms with Crippen molar-refractivity contribution in [3.8, 4) is 5.75 Å². The third kappa shape index (κ3) is 7.31. The zero-order chi connectivity index (χ0) is 19.9. The van der Waals surface area contributed by atoms with E-state index in [1.807, 2.05) is 12.1 Å². The maximum absolute atomic E-state index is 12.2. The average molecular weight is 390 g/mol. The number of hydrogen-bond donors (Lipinski definition) is 1. The summed E-state index contributed by atoms with van der Waals surface area (Å²) in [6.07, 6.45) is 0.749. The number of benzene rings is 2. The zero-order valence-corrected chi connectivity index (χ0v) is 16.5. The summed E-state index contributed by atoms with van der Waals surface area (Å²) in [5.74, 6) is 0.472. The smallest absolute Gasteiger partial charge is 0.408 e. The number of alkyl carbamates (subject to hydrolysis) is 1. The monoisotopic (exact) mass is 389 g/mol. The largest absolute Gasteiger partial charge is 0.491 e. The van der Waals surface area contributed by atoms with Crippen molar-refractivity contribution in [3.05, 3.63) is 64.7 Å². The van der Waals surface area contributed by atoms with E-state index in [2.05, 4.69) is 5.32 Å². The second kappa shape index (κ2) is 9.42. The predicted molar refractivity (Wildman–Crippen MR) is 106 cm³/mol. The number of amides is 1. The first-order valence-corrected chi connectivity index (χ1v) is 9.05. The van der Waals surface area contributed by atoms with Crippen molar-refractivity contribution >= 4 is 24.0 Å². The fourth-order valence-corrected chi connectivity index (χ4v) is 2.56. The van der Waals surface area contributed by atoms with Crippen LogP contribution in [-0.4, -0.2) is 30.6 Å². The van der Waals surface area contributed by atoms with Gasteiger partial charge in [0.15, 0.2) is 6.29 Å². The SMILES string of the molecule is CC(C)(C)OC(=O)N[C@H](COc1ccccc1C=O)Cc1ccc(Cl)cc1. The standard InChI is InChI=1S/C21H24ClNO4/c1-21(2,3)27-20(25)23-18(12-15-8-10-17(22)11-9-15)14-26-19-7-5-4-6-16(19)13-24/h4-11,13,18H,12,14H2,1-3H3,(H,23,25)/t18-/m0/s1. The van der Waals surface area contributed by atoms with E-state index in [4.69, 9.17) is 21.1 Å². The van der Waals surface area contributed by atoms with Crippen LogP contribution in [0.4, 0.5) is 4.79 Å². The Bertz CT molecular complexity index is 768. The van der Waals surface area contributed by atoms with Crippen LogP contribution in [0.3, 0.4) is 0 Å². The minimum atomic E-state index is -0.597. The van der Waals surface area contributed by atoms with E-state index in [0.29, 0.717) is 22.8 Å². The van der Waals surface area contributed by atoms with Crippen molar-refractivity contribution < 1.29 is 19.1 Å². The number of rotatable bonds is 7. The van der Waals surface area contributed by atoms with Crippen LogP contribution in [0.15, 0.2) is 48.5 Å². The van der Waals surface area contributed by atoms with Gasteiger partial charge in [-0.05, 0) is 57.0 Å². The summed E-state index contributed by atoms with van der Waals surface area (Å²) in [7, 11) is 0. The molecule has 144 valence electrons. The Hall–Kier alpha value is -2.53. The van der Waals surface area contributed by atoms with Gasteiger partial charge in [0.1, 0.15) is 18.0 Å². The summed E-state index contributed by atoms with van der Waals surface area (Å²) in [6, 6.07) is 14.0. The molecule has 2 aromatic rings. The van der Waals surface area contributed by atoms with E-state index in [-0.39, 0.29) is 12.6 Å². The van der Waals surface area contributed by atoms with E-state index >= 15 is 0 Å². The highest BCUT2D eigenvalue weighted by Crippen LogP contribution is 2.17. The minimum Gasteiger partial charge on any atom is -0.491 e. The van der Waals surface area contributed by atoms with Gasteiger partial charge in [0, 0.05) is 5.02 Å². The first-order valence-electron chi connectivity index (χ1n) is 8.68. The van der Waals surface area contributed by atoms with Crippen LogP contribution in [0.1, 0.15) is 36.7 Å². The maximum Gasteiger partial charge on any atom is 0.408 e. The van der Waals surface area contributed by atoms with Crippen molar-refractivity contribution in [2.24, 2.45) is 0 Å². The van der Waals surface area contributed by atoms with Crippen LogP contribution >= 0.6 is 11.6 Å². The maximum atomic E-state index is 12.2. The van der Waals surface area contributed by atoms with Crippen LogP contribution in [0.2, 0.25) is 5.02 Å². The summed E-state index contributed by atoms with van der Waals surface area (Å²) in [4.78, 5) is 23.3. The van der Waals surface area contributed by atoms with E-state index in [0.717, 1.165) is 11.8 Å². The lowest BCUT2D eigenvalue weighted by molar-refractivity contribution is 0.0487. The Morgan fingerprint density at radius 2 is 1.81 bits per heavy atom. The van der Waals surface area contributed by atoms with Gasteiger partial charge in [-0.15, -0.1) is 0 Å². The number of ether oxygens (including phenoxy) is 2. The molecule has 2 rings (SSSR count). The highest BCUT2D eigenvalue weighted by Gasteiger charge is 2.20. The summed E-state index contributed by atoms with van der Waals surface area (Å²) in [6.45, 7) is 5.60. The summed E-state index contributed by atoms with van der Waals surface area (Å²) in [5, 5.41) is 3.48. The summed E-state index contributed by atoms with van der Waals surface area (Å²) < 4.78 is 11.1. The van der Waals surface area contributed by atoms with Crippen LogP contribution in [0.5, 0.6) is 5.75 Å². The molecule has 0 heterocycles. The van der Waals surface area contributed by atoms with E-state index < -0.39 is 11.7 Å². The van der Waals surface area contributed by atoms with Crippen LogP contribution in [0.25, 0.3) is 0 Å². The molecule has 0 bridgehead atoms. The fourth-order valence-electron chi connectivity index (χ4n) is 2.43. The number of nitrogens with one attached hydrogen (secondary N) is 1. The number of para-hydroxylation sites is 1. The van der Waals surface area contributed by atoms with Gasteiger partial charge in [-0.2, -0.15) is 0 Å². The van der Waals surface area contributed by atoms with Gasteiger partial charge >= 0.3 is 6.09 Å². The Kier molecular flexibility index (Phi) is 7.25. The Morgan fingerprint density at radius 3 is 2.44 bits per heavy atom. The number of hydrogen-bond acceptors (Lipinski definition) is 4. The minimum absolute atomic E-state index is 0.187. The molecule has 5 nitrogen and oxygen atoms in total. The molecule has 0 radical (unpaired) electrons. The lowest BCUT2D eigenvalue weighted by Gasteiger charge is -2.24. The third-order valence-electron chi connectivity index (χ3n) is 3.60. The Morgan fingerprint density at radius 1 is 1.15 bits per heavy atom. The molecule has 0 fully saturated rings. The van der Waals surface area contributed by atoms with Crippen LogP contribution < -0.4 is 10.1 Å². The van der Waals surface area contributed by atoms with Gasteiger partial charge in [-0.1, -0.05) is 35.9 Å². The van der Waals surface area contributed by atoms with Gasteiger partial charge in [0.25, 0.3) is 0 Å². The van der Waals surface area contributed by atoms with Crippen molar-refractivity contribution in [3.63, 3.8) is 0 Å². The molecule has 0 aromatic heterocycles. The molecule has 1 atom stereocenters. The van der Waals surface area contributed by atoms with Crippen LogP contribution in [-0.2, 0) is 11.2 Å². The first-order chi connectivity index (χ1) is 12.8. The number of carbonyl (C=O) groups excluding carboxylic acids is 2. The second-order valence-electron chi connectivity index (χ2n) is 7.14. The summed E-state index contributed by atoms with van der Waals surface area (Å²) in [5.41, 5.74) is 0.854. The van der Waals surface area contributed by atoms with Crippen molar-refractivity contribution in [1.29, 1.82) is 0 Å². The zero-order valence-electron chi connectivity index (χ0n) is 15.7. The second-order valence-corrected chi connectivity index (χ2v) is 7.58. The molecular formula is C21H24ClNO4. The van der Waals surface area contributed by atoms with Gasteiger partial charge in [-0.25, -0.2) is 4.79 Å². The van der Waals surface area contributed by atoms with E-state index in [9.17, 15) is 9.59 Å². The highest BCUT2D eigenvalue weighted by atomic mass is 35.5. The van der Waals surface area contributed by atoms with Gasteiger partial charge < -0.3 is 14.8 Å². The van der Waals surface area contributed by atoms with E-state index in [1.54, 1.807) is 57.2 Å². The molecule has 0 saturated heterocycles. The lowest BCUT2D eigenvalue weighted by Crippen LogP contribution is -2.43. The van der Waals surface area contributed by atoms with Gasteiger partial charge in [0.05, 0.1) is 11.6 Å². The molecule has 2 aromatic carbocycles. The first kappa shape index (κ1) is 20.8. The van der Waals surface area contributed by atoms with Crippen molar-refractivity contribution in [2.45, 2.75) is 38.8 Å².